The molecule has 62 heavy (non-hydrogen) atoms. The number of piperidine rings is 1. The maximum atomic E-state index is 16.2. The first-order chi connectivity index (χ1) is 29.7. The number of pyridine rings is 1. The van der Waals surface area contributed by atoms with Gasteiger partial charge in [0.25, 0.3) is 15.9 Å². The van der Waals surface area contributed by atoms with Crippen LogP contribution >= 0.6 is 0 Å². The van der Waals surface area contributed by atoms with Crippen LogP contribution < -0.4 is 19.7 Å². The van der Waals surface area contributed by atoms with E-state index in [2.05, 4.69) is 20.2 Å². The number of nitrogens with zero attached hydrogens (tertiary/aromatic N) is 3. The lowest BCUT2D eigenvalue weighted by atomic mass is 9.60. The number of sulfonamides is 1. The van der Waals surface area contributed by atoms with Crippen molar-refractivity contribution in [1.29, 1.82) is 0 Å². The largest absolute Gasteiger partial charge is 0.506 e. The maximum Gasteiger partial charge on any atom is 0.268 e. The van der Waals surface area contributed by atoms with Crippen LogP contribution in [0.2, 0.25) is 0 Å². The molecule has 1 atom stereocenters. The Hall–Kier alpha value is -5.32. The Labute approximate surface area is 358 Å². The van der Waals surface area contributed by atoms with Crippen molar-refractivity contribution in [3.8, 4) is 17.2 Å². The van der Waals surface area contributed by atoms with Crippen molar-refractivity contribution in [2.24, 2.45) is 11.3 Å². The van der Waals surface area contributed by atoms with Crippen molar-refractivity contribution >= 4 is 38.3 Å². The number of aromatic amines is 1. The number of fused-ring (bicyclic) bond motifs is 1. The number of nitrogens with one attached hydrogen (secondary N) is 3. The average Bonchev–Trinajstić information content (AvgIpc) is 3.91. The molecule has 0 bridgehead atoms. The predicted octanol–water partition coefficient (Wildman–Crippen LogP) is 8.54. The molecule has 5 aromatic rings. The Kier molecular flexibility index (Phi) is 11.1. The van der Waals surface area contributed by atoms with Crippen LogP contribution in [0.3, 0.4) is 0 Å². The van der Waals surface area contributed by atoms with Crippen LogP contribution in [0.5, 0.6) is 17.2 Å². The number of phenols is 1. The van der Waals surface area contributed by atoms with Crippen LogP contribution in [0.15, 0.2) is 78.0 Å². The van der Waals surface area contributed by atoms with E-state index in [1.54, 1.807) is 30.5 Å². The predicted molar refractivity (Wildman–Crippen MR) is 228 cm³/mol. The zero-order valence-corrected chi connectivity index (χ0v) is 35.3. The number of aliphatic hydroxyl groups is 1. The van der Waals surface area contributed by atoms with Gasteiger partial charge < -0.3 is 30.2 Å². The Bertz CT molecular complexity index is 2600. The lowest BCUT2D eigenvalue weighted by molar-refractivity contribution is -0.0232. The number of halogens is 3. The number of carbonyl (C=O) groups excluding carboxylic acids is 1. The molecule has 9 rings (SSSR count). The quantitative estimate of drug-likeness (QED) is 0.0815. The fourth-order valence-corrected chi connectivity index (χ4v) is 11.1. The summed E-state index contributed by atoms with van der Waals surface area (Å²) in [6, 6.07) is 14.1. The van der Waals surface area contributed by atoms with Gasteiger partial charge in [0.1, 0.15) is 28.7 Å². The van der Waals surface area contributed by atoms with Gasteiger partial charge in [-0.05, 0) is 125 Å². The molecule has 4 aliphatic rings. The summed E-state index contributed by atoms with van der Waals surface area (Å²) in [5.41, 5.74) is 0.553. The SMILES string of the molecule is C[C@]1(O)CC[C@H](CNc2ccc(S(=O)(=O)NC(=O)c3cc(F)c(N4CCC5(CC4)CC(N4CCC[C@H]4c4cccc(F)c4F)C5)cc3Oc3cnc4[nH]ccc4c3)cc2O)CC1. The van der Waals surface area contributed by atoms with Gasteiger partial charge in [-0.2, -0.15) is 0 Å². The van der Waals surface area contributed by atoms with E-state index in [4.69, 9.17) is 4.74 Å². The molecule has 2 saturated heterocycles. The second-order valence-electron chi connectivity index (χ2n) is 18.0. The molecule has 4 fully saturated rings. The summed E-state index contributed by atoms with van der Waals surface area (Å²) in [5, 5.41) is 24.9. The second-order valence-corrected chi connectivity index (χ2v) is 19.7. The molecule has 1 amide bonds. The molecular weight excluding hydrogens is 822 g/mol. The first-order valence-corrected chi connectivity index (χ1v) is 22.9. The monoisotopic (exact) mass is 872 g/mol. The van der Waals surface area contributed by atoms with E-state index in [-0.39, 0.29) is 56.8 Å². The number of phenolic OH excluding ortho intramolecular Hbond substituents is 1. The molecule has 0 unspecified atom stereocenters. The highest BCUT2D eigenvalue weighted by Crippen LogP contribution is 2.54. The van der Waals surface area contributed by atoms with Gasteiger partial charge in [-0.1, -0.05) is 12.1 Å². The van der Waals surface area contributed by atoms with Crippen molar-refractivity contribution in [2.45, 2.75) is 93.7 Å². The van der Waals surface area contributed by atoms with Gasteiger partial charge in [-0.25, -0.2) is 31.3 Å². The summed E-state index contributed by atoms with van der Waals surface area (Å²) in [5.74, 6) is -3.34. The number of rotatable bonds is 11. The van der Waals surface area contributed by atoms with Crippen molar-refractivity contribution in [3.05, 3.63) is 102 Å². The summed E-state index contributed by atoms with van der Waals surface area (Å²) in [7, 11) is -4.55. The molecule has 2 aliphatic carbocycles. The van der Waals surface area contributed by atoms with Gasteiger partial charge in [0.05, 0.1) is 33.6 Å². The number of hydrogen-bond donors (Lipinski definition) is 5. The summed E-state index contributed by atoms with van der Waals surface area (Å²) in [6.07, 6.45) is 11.2. The van der Waals surface area contributed by atoms with Crippen LogP contribution in [-0.4, -0.2) is 77.2 Å². The highest BCUT2D eigenvalue weighted by atomic mass is 32.2. The Balaban J connectivity index is 0.898. The van der Waals surface area contributed by atoms with E-state index in [0.717, 1.165) is 81.5 Å². The van der Waals surface area contributed by atoms with E-state index < -0.39 is 39.0 Å². The normalized spacial score (nSPS) is 23.1. The van der Waals surface area contributed by atoms with Crippen LogP contribution in [0.25, 0.3) is 11.0 Å². The van der Waals surface area contributed by atoms with Crippen molar-refractivity contribution < 1.29 is 41.3 Å². The lowest BCUT2D eigenvalue weighted by Gasteiger charge is -2.56. The lowest BCUT2D eigenvalue weighted by Crippen LogP contribution is -2.55. The maximum absolute atomic E-state index is 16.2. The molecule has 2 aliphatic heterocycles. The van der Waals surface area contributed by atoms with Crippen LogP contribution in [0, 0.1) is 28.8 Å². The molecule has 4 heterocycles. The molecule has 2 aromatic heterocycles. The number of H-pyrrole nitrogens is 1. The third-order valence-electron chi connectivity index (χ3n) is 13.8. The van der Waals surface area contributed by atoms with Gasteiger partial charge in [0, 0.05) is 61.0 Å². The molecule has 12 nitrogen and oxygen atoms in total. The van der Waals surface area contributed by atoms with Gasteiger partial charge in [-0.15, -0.1) is 0 Å². The number of ether oxygens (including phenoxy) is 1. The molecule has 0 radical (unpaired) electrons. The van der Waals surface area contributed by atoms with Gasteiger partial charge in [0.15, 0.2) is 11.6 Å². The number of benzene rings is 3. The number of carbonyl (C=O) groups is 1. The molecule has 5 N–H and O–H groups in total. The number of aromatic nitrogens is 2. The minimum atomic E-state index is -4.55. The van der Waals surface area contributed by atoms with E-state index in [1.165, 1.54) is 24.4 Å². The Morgan fingerprint density at radius 3 is 2.50 bits per heavy atom. The summed E-state index contributed by atoms with van der Waals surface area (Å²) in [6.45, 7) is 4.24. The van der Waals surface area contributed by atoms with E-state index in [9.17, 15) is 32.2 Å². The smallest absolute Gasteiger partial charge is 0.268 e. The Morgan fingerprint density at radius 1 is 0.968 bits per heavy atom. The van der Waals surface area contributed by atoms with Crippen molar-refractivity contribution in [3.63, 3.8) is 0 Å². The second kappa shape index (κ2) is 16.4. The topological polar surface area (TPSA) is 160 Å². The van der Waals surface area contributed by atoms with Crippen LogP contribution in [0.4, 0.5) is 24.5 Å². The Morgan fingerprint density at radius 2 is 1.74 bits per heavy atom. The summed E-state index contributed by atoms with van der Waals surface area (Å²) >= 11 is 0. The minimum Gasteiger partial charge on any atom is -0.506 e. The molecule has 2 saturated carbocycles. The average molecular weight is 873 g/mol. The summed E-state index contributed by atoms with van der Waals surface area (Å²) < 4.78 is 80.5. The zero-order valence-electron chi connectivity index (χ0n) is 34.5. The number of aromatic hydroxyl groups is 1. The minimum absolute atomic E-state index is 0.0393. The zero-order chi connectivity index (χ0) is 43.4. The molecule has 1 spiro atoms. The third-order valence-corrected chi connectivity index (χ3v) is 15.1. The van der Waals surface area contributed by atoms with Crippen LogP contribution in [-0.2, 0) is 10.0 Å². The molecule has 3 aromatic carbocycles. The van der Waals surface area contributed by atoms with E-state index in [0.29, 0.717) is 49.4 Å². The third kappa shape index (κ3) is 8.43. The fraction of sp³-hybridized carbons (Fsp3) is 0.435. The fourth-order valence-electron chi connectivity index (χ4n) is 10.1. The van der Waals surface area contributed by atoms with Gasteiger partial charge in [0.2, 0.25) is 0 Å². The number of anilines is 2. The molecule has 328 valence electrons. The highest BCUT2D eigenvalue weighted by molar-refractivity contribution is 7.90. The molecular formula is C46H51F3N6O6S. The van der Waals surface area contributed by atoms with E-state index in [1.807, 2.05) is 16.5 Å². The van der Waals surface area contributed by atoms with Gasteiger partial charge >= 0.3 is 0 Å². The first-order valence-electron chi connectivity index (χ1n) is 21.4. The van der Waals surface area contributed by atoms with E-state index >= 15 is 4.39 Å². The summed E-state index contributed by atoms with van der Waals surface area (Å²) in [4.78, 5) is 25.1. The van der Waals surface area contributed by atoms with Crippen molar-refractivity contribution in [2.75, 3.05) is 36.4 Å². The number of likely N-dealkylation sites (tertiary alicyclic amines) is 1. The van der Waals surface area contributed by atoms with Crippen LogP contribution in [0.1, 0.15) is 93.1 Å². The van der Waals surface area contributed by atoms with Crippen molar-refractivity contribution in [1.82, 2.24) is 19.6 Å². The number of amides is 1. The standard InChI is InChI=1S/C46H51F3N6O6S/c1-45(58)12-9-28(10-13-45)26-51-37-8-7-32(21-40(37)56)62(59,60)53-44(57)34-22-36(48)39(23-41(34)61-31-20-29-11-16-50-43(29)52-27-31)54-18-14-46(15-19-54)24-30(25-46)55-17-3-6-38(55)33-4-2-5-35(47)42(33)49/h2,4-5,7-8,11,16,20-23,27-28,30,38,51,56,58H,3,6,9-10,12-15,17-19,24-26H2,1H3,(H,50,52)(H,53,57)/t28-,38-,45-/m0/s1. The molecule has 16 heteroatoms. The first kappa shape index (κ1) is 42.0. The highest BCUT2D eigenvalue weighted by Gasteiger charge is 2.50. The van der Waals surface area contributed by atoms with Gasteiger partial charge in [-0.3, -0.25) is 9.69 Å². The number of hydrogen-bond acceptors (Lipinski definition) is 10.